The normalized spacial score (nSPS) is 29.2. The Hall–Kier alpha value is -1.39. The predicted molar refractivity (Wildman–Crippen MR) is 89.3 cm³/mol. The summed E-state index contributed by atoms with van der Waals surface area (Å²) in [6.07, 6.45) is 6.11. The maximum atomic E-state index is 13.1. The molecule has 136 valence electrons. The molecule has 1 saturated heterocycles. The molecule has 1 aliphatic carbocycles. The topological polar surface area (TPSA) is 69.7 Å². The molecular formula is C19H30O5. The smallest absolute Gasteiger partial charge is 0.351 e. The maximum Gasteiger partial charge on any atom is 0.351 e. The Labute approximate surface area is 144 Å². The zero-order valence-electron chi connectivity index (χ0n) is 15.4. The number of carbonyl (C=O) groups is 3. The first-order valence-electron chi connectivity index (χ1n) is 9.06. The number of Topliss-reactive ketones (excluding diaryl/α,β-unsaturated/α-hetero) is 1. The van der Waals surface area contributed by atoms with Crippen molar-refractivity contribution in [3.8, 4) is 0 Å². The number of carbonyl (C=O) groups excluding carboxylic acids is 3. The number of methoxy groups -OCH3 is 1. The molecule has 24 heavy (non-hydrogen) atoms. The molecule has 2 atom stereocenters. The first-order valence-corrected chi connectivity index (χ1v) is 9.06. The Morgan fingerprint density at radius 3 is 2.58 bits per heavy atom. The van der Waals surface area contributed by atoms with Gasteiger partial charge in [0.05, 0.1) is 18.9 Å². The van der Waals surface area contributed by atoms with Crippen LogP contribution in [0.5, 0.6) is 0 Å². The Kier molecular flexibility index (Phi) is 5.41. The SMILES string of the molecule is CCCCC(C)(C)CCC(=O)C12CCCC1(C(=O)OC)OC(=O)C2. The number of rotatable bonds is 8. The summed E-state index contributed by atoms with van der Waals surface area (Å²) in [4.78, 5) is 37.4. The van der Waals surface area contributed by atoms with Crippen molar-refractivity contribution in [3.05, 3.63) is 0 Å². The van der Waals surface area contributed by atoms with Gasteiger partial charge in [-0.2, -0.15) is 0 Å². The molecule has 2 unspecified atom stereocenters. The second-order valence-corrected chi connectivity index (χ2v) is 8.10. The van der Waals surface area contributed by atoms with Crippen LogP contribution in [-0.2, 0) is 23.9 Å². The molecule has 5 heteroatoms. The van der Waals surface area contributed by atoms with Crippen LogP contribution in [0.4, 0.5) is 0 Å². The van der Waals surface area contributed by atoms with Gasteiger partial charge in [-0.3, -0.25) is 9.59 Å². The van der Waals surface area contributed by atoms with Crippen LogP contribution in [0, 0.1) is 10.8 Å². The third-order valence-corrected chi connectivity index (χ3v) is 5.92. The van der Waals surface area contributed by atoms with Gasteiger partial charge >= 0.3 is 11.9 Å². The van der Waals surface area contributed by atoms with E-state index >= 15 is 0 Å². The summed E-state index contributed by atoms with van der Waals surface area (Å²) in [5, 5.41) is 0. The van der Waals surface area contributed by atoms with Gasteiger partial charge in [0, 0.05) is 6.42 Å². The minimum atomic E-state index is -1.39. The van der Waals surface area contributed by atoms with E-state index in [4.69, 9.17) is 9.47 Å². The van der Waals surface area contributed by atoms with E-state index in [9.17, 15) is 14.4 Å². The van der Waals surface area contributed by atoms with Crippen LogP contribution < -0.4 is 0 Å². The summed E-state index contributed by atoms with van der Waals surface area (Å²) in [7, 11) is 1.28. The number of esters is 2. The van der Waals surface area contributed by atoms with Crippen molar-refractivity contribution in [2.45, 2.75) is 84.2 Å². The lowest BCUT2D eigenvalue weighted by Crippen LogP contribution is -2.52. The number of hydrogen-bond acceptors (Lipinski definition) is 5. The van der Waals surface area contributed by atoms with Gasteiger partial charge in [0.1, 0.15) is 5.78 Å². The van der Waals surface area contributed by atoms with Crippen LogP contribution >= 0.6 is 0 Å². The van der Waals surface area contributed by atoms with E-state index < -0.39 is 23.0 Å². The van der Waals surface area contributed by atoms with Gasteiger partial charge in [-0.1, -0.05) is 33.6 Å². The third-order valence-electron chi connectivity index (χ3n) is 5.92. The Morgan fingerprint density at radius 1 is 1.25 bits per heavy atom. The van der Waals surface area contributed by atoms with Gasteiger partial charge in [0.2, 0.25) is 5.60 Å². The van der Waals surface area contributed by atoms with E-state index in [2.05, 4.69) is 20.8 Å². The van der Waals surface area contributed by atoms with Gasteiger partial charge in [-0.05, 0) is 37.5 Å². The number of unbranched alkanes of at least 4 members (excludes halogenated alkanes) is 1. The average Bonchev–Trinajstić information content (AvgIpc) is 3.02. The lowest BCUT2D eigenvalue weighted by atomic mass is 9.68. The molecule has 5 nitrogen and oxygen atoms in total. The van der Waals surface area contributed by atoms with Gasteiger partial charge < -0.3 is 9.47 Å². The van der Waals surface area contributed by atoms with E-state index in [0.29, 0.717) is 25.7 Å². The van der Waals surface area contributed by atoms with Crippen molar-refractivity contribution in [1.82, 2.24) is 0 Å². The molecule has 0 bridgehead atoms. The van der Waals surface area contributed by atoms with E-state index in [1.54, 1.807) is 0 Å². The van der Waals surface area contributed by atoms with Crippen LogP contribution in [-0.4, -0.2) is 30.4 Å². The highest BCUT2D eigenvalue weighted by Crippen LogP contribution is 2.57. The van der Waals surface area contributed by atoms with Gasteiger partial charge in [0.25, 0.3) is 0 Å². The molecule has 0 aromatic rings. The van der Waals surface area contributed by atoms with Crippen LogP contribution in [0.25, 0.3) is 0 Å². The molecule has 0 N–H and O–H groups in total. The largest absolute Gasteiger partial charge is 0.466 e. The second kappa shape index (κ2) is 6.85. The molecule has 2 fully saturated rings. The molecule has 1 aliphatic heterocycles. The molecule has 0 spiro atoms. The first-order chi connectivity index (χ1) is 11.2. The highest BCUT2D eigenvalue weighted by Gasteiger charge is 2.71. The van der Waals surface area contributed by atoms with Crippen molar-refractivity contribution in [1.29, 1.82) is 0 Å². The number of ketones is 1. The van der Waals surface area contributed by atoms with Gasteiger partial charge in [-0.15, -0.1) is 0 Å². The van der Waals surface area contributed by atoms with Crippen molar-refractivity contribution in [3.63, 3.8) is 0 Å². The van der Waals surface area contributed by atoms with Crippen LogP contribution in [0.3, 0.4) is 0 Å². The number of hydrogen-bond donors (Lipinski definition) is 0. The summed E-state index contributed by atoms with van der Waals surface area (Å²) in [6.45, 7) is 6.50. The molecule has 2 aliphatic rings. The standard InChI is InChI=1S/C19H30O5/c1-5-6-9-17(2,3)12-8-14(20)18-10-7-11-19(18,16(22)23-4)24-15(21)13-18/h5-13H2,1-4H3. The Morgan fingerprint density at radius 2 is 1.96 bits per heavy atom. The Bertz CT molecular complexity index is 524. The fraction of sp³-hybridized carbons (Fsp3) is 0.842. The Balaban J connectivity index is 2.17. The highest BCUT2D eigenvalue weighted by atomic mass is 16.6. The monoisotopic (exact) mass is 338 g/mol. The molecule has 2 rings (SSSR count). The molecule has 0 radical (unpaired) electrons. The van der Waals surface area contributed by atoms with Gasteiger partial charge in [-0.25, -0.2) is 4.79 Å². The minimum absolute atomic E-state index is 0.0102. The van der Waals surface area contributed by atoms with Crippen molar-refractivity contribution in [2.24, 2.45) is 10.8 Å². The summed E-state index contributed by atoms with van der Waals surface area (Å²) in [6, 6.07) is 0. The summed E-state index contributed by atoms with van der Waals surface area (Å²) >= 11 is 0. The fourth-order valence-electron chi connectivity index (χ4n) is 4.38. The quantitative estimate of drug-likeness (QED) is 0.633. The zero-order chi connectivity index (χ0) is 18.0. The summed E-state index contributed by atoms with van der Waals surface area (Å²) in [5.74, 6) is -1.05. The molecule has 1 saturated carbocycles. The predicted octanol–water partition coefficient (Wildman–Crippen LogP) is 3.58. The van der Waals surface area contributed by atoms with E-state index in [-0.39, 0.29) is 17.6 Å². The molecule has 0 aromatic heterocycles. The highest BCUT2D eigenvalue weighted by molar-refractivity contribution is 6.01. The first kappa shape index (κ1) is 18.9. The lowest BCUT2D eigenvalue weighted by Gasteiger charge is -2.35. The molecule has 0 aromatic carbocycles. The average molecular weight is 338 g/mol. The van der Waals surface area contributed by atoms with Crippen LogP contribution in [0.1, 0.15) is 78.6 Å². The van der Waals surface area contributed by atoms with Crippen molar-refractivity contribution >= 4 is 17.7 Å². The van der Waals surface area contributed by atoms with E-state index in [1.165, 1.54) is 7.11 Å². The van der Waals surface area contributed by atoms with Crippen LogP contribution in [0.15, 0.2) is 0 Å². The van der Waals surface area contributed by atoms with E-state index in [0.717, 1.165) is 25.7 Å². The molecule has 1 heterocycles. The zero-order valence-corrected chi connectivity index (χ0v) is 15.4. The van der Waals surface area contributed by atoms with Crippen molar-refractivity contribution < 1.29 is 23.9 Å². The lowest BCUT2D eigenvalue weighted by molar-refractivity contribution is -0.179. The summed E-state index contributed by atoms with van der Waals surface area (Å²) < 4.78 is 10.3. The van der Waals surface area contributed by atoms with Crippen LogP contribution in [0.2, 0.25) is 0 Å². The minimum Gasteiger partial charge on any atom is -0.466 e. The number of ether oxygens (including phenoxy) is 2. The number of fused-ring (bicyclic) bond motifs is 1. The second-order valence-electron chi connectivity index (χ2n) is 8.10. The summed E-state index contributed by atoms with van der Waals surface area (Å²) in [5.41, 5.74) is -2.32. The van der Waals surface area contributed by atoms with Gasteiger partial charge in [0.15, 0.2) is 0 Å². The maximum absolute atomic E-state index is 13.1. The van der Waals surface area contributed by atoms with Crippen molar-refractivity contribution in [2.75, 3.05) is 7.11 Å². The third kappa shape index (κ3) is 3.09. The van der Waals surface area contributed by atoms with E-state index in [1.807, 2.05) is 0 Å². The molecule has 0 amide bonds. The molecular weight excluding hydrogens is 308 g/mol. The fourth-order valence-corrected chi connectivity index (χ4v) is 4.38.